The molecule has 0 spiro atoms. The molecule has 1 aliphatic rings. The first-order valence-corrected chi connectivity index (χ1v) is 5.14. The van der Waals surface area contributed by atoms with E-state index in [2.05, 4.69) is 31.7 Å². The molecule has 0 amide bonds. The molecule has 0 heterocycles. The van der Waals surface area contributed by atoms with Crippen LogP contribution in [0.5, 0.6) is 0 Å². The van der Waals surface area contributed by atoms with Gasteiger partial charge < -0.3 is 0 Å². The van der Waals surface area contributed by atoms with Crippen molar-refractivity contribution in [1.29, 1.82) is 0 Å². The summed E-state index contributed by atoms with van der Waals surface area (Å²) in [6, 6.07) is 0. The molecule has 2 atom stereocenters. The Bertz CT molecular complexity index is 155. The zero-order valence-electron chi connectivity index (χ0n) is 8.13. The summed E-state index contributed by atoms with van der Waals surface area (Å²) in [6.07, 6.45) is 13.3. The quantitative estimate of drug-likeness (QED) is 0.542. The lowest BCUT2D eigenvalue weighted by molar-refractivity contribution is 0.388. The average molecular weight is 164 g/mol. The molecule has 0 aromatic rings. The van der Waals surface area contributed by atoms with Crippen LogP contribution in [0.3, 0.4) is 0 Å². The molecule has 0 saturated carbocycles. The van der Waals surface area contributed by atoms with E-state index in [9.17, 15) is 0 Å². The van der Waals surface area contributed by atoms with Gasteiger partial charge in [-0.1, -0.05) is 31.6 Å². The second kappa shape index (κ2) is 5.18. The first-order chi connectivity index (χ1) is 5.86. The molecule has 68 valence electrons. The summed E-state index contributed by atoms with van der Waals surface area (Å²) in [5.41, 5.74) is 0. The van der Waals surface area contributed by atoms with Crippen LogP contribution in [0.2, 0.25) is 0 Å². The minimum absolute atomic E-state index is 0.764. The van der Waals surface area contributed by atoms with E-state index in [-0.39, 0.29) is 0 Å². The Morgan fingerprint density at radius 2 is 2.33 bits per heavy atom. The summed E-state index contributed by atoms with van der Waals surface area (Å²) in [5, 5.41) is 0. The van der Waals surface area contributed by atoms with Crippen LogP contribution in [0.15, 0.2) is 24.8 Å². The lowest BCUT2D eigenvalue weighted by Crippen LogP contribution is -2.07. The van der Waals surface area contributed by atoms with Crippen LogP contribution < -0.4 is 0 Å². The standard InChI is InChI=1S/C12H20/c1-3-11-8-6-5-7-9-12(4-2)10-11/h3,5,7,11-12H,1,4,6,8-10H2,2H3/b7-5-. The van der Waals surface area contributed by atoms with E-state index in [4.69, 9.17) is 0 Å². The predicted molar refractivity (Wildman–Crippen MR) is 55.1 cm³/mol. The predicted octanol–water partition coefficient (Wildman–Crippen LogP) is 3.95. The maximum absolute atomic E-state index is 3.90. The Balaban J connectivity index is 2.49. The molecule has 0 fully saturated rings. The average Bonchev–Trinajstić information content (AvgIpc) is 2.05. The van der Waals surface area contributed by atoms with Crippen molar-refractivity contribution in [2.24, 2.45) is 11.8 Å². The number of hydrogen-bond donors (Lipinski definition) is 0. The van der Waals surface area contributed by atoms with Gasteiger partial charge in [0.15, 0.2) is 0 Å². The zero-order valence-corrected chi connectivity index (χ0v) is 8.13. The zero-order chi connectivity index (χ0) is 8.81. The van der Waals surface area contributed by atoms with Crippen LogP contribution >= 0.6 is 0 Å². The highest BCUT2D eigenvalue weighted by Crippen LogP contribution is 2.26. The molecule has 2 unspecified atom stereocenters. The van der Waals surface area contributed by atoms with E-state index >= 15 is 0 Å². The van der Waals surface area contributed by atoms with Crippen molar-refractivity contribution in [3.63, 3.8) is 0 Å². The third kappa shape index (κ3) is 2.84. The molecule has 1 rings (SSSR count). The lowest BCUT2D eigenvalue weighted by Gasteiger charge is -2.20. The van der Waals surface area contributed by atoms with E-state index in [1.54, 1.807) is 0 Å². The van der Waals surface area contributed by atoms with Gasteiger partial charge in [0.1, 0.15) is 0 Å². The Morgan fingerprint density at radius 1 is 1.50 bits per heavy atom. The van der Waals surface area contributed by atoms with Gasteiger partial charge in [0, 0.05) is 0 Å². The van der Waals surface area contributed by atoms with Crippen molar-refractivity contribution in [2.75, 3.05) is 0 Å². The van der Waals surface area contributed by atoms with Crippen molar-refractivity contribution < 1.29 is 0 Å². The maximum Gasteiger partial charge on any atom is -0.0231 e. The van der Waals surface area contributed by atoms with Crippen LogP contribution in [-0.2, 0) is 0 Å². The second-order valence-corrected chi connectivity index (χ2v) is 3.79. The van der Waals surface area contributed by atoms with E-state index < -0.39 is 0 Å². The molecule has 0 bridgehead atoms. The Hall–Kier alpha value is -0.520. The monoisotopic (exact) mass is 164 g/mol. The van der Waals surface area contributed by atoms with Crippen molar-refractivity contribution in [3.8, 4) is 0 Å². The summed E-state index contributed by atoms with van der Waals surface area (Å²) in [4.78, 5) is 0. The highest BCUT2D eigenvalue weighted by molar-refractivity contribution is 4.91. The van der Waals surface area contributed by atoms with Crippen LogP contribution in [0, 0.1) is 11.8 Å². The topological polar surface area (TPSA) is 0 Å². The molecular formula is C12H20. The van der Waals surface area contributed by atoms with Crippen LogP contribution in [0.25, 0.3) is 0 Å². The van der Waals surface area contributed by atoms with Gasteiger partial charge in [0.25, 0.3) is 0 Å². The van der Waals surface area contributed by atoms with Crippen molar-refractivity contribution in [2.45, 2.75) is 39.0 Å². The van der Waals surface area contributed by atoms with Gasteiger partial charge in [-0.05, 0) is 37.5 Å². The third-order valence-electron chi connectivity index (χ3n) is 2.89. The van der Waals surface area contributed by atoms with E-state index in [1.807, 2.05) is 0 Å². The minimum Gasteiger partial charge on any atom is -0.103 e. The fraction of sp³-hybridized carbons (Fsp3) is 0.667. The highest BCUT2D eigenvalue weighted by Gasteiger charge is 2.12. The summed E-state index contributed by atoms with van der Waals surface area (Å²) >= 11 is 0. The Morgan fingerprint density at radius 3 is 3.00 bits per heavy atom. The third-order valence-corrected chi connectivity index (χ3v) is 2.89. The Kier molecular flexibility index (Phi) is 4.13. The van der Waals surface area contributed by atoms with E-state index in [0.717, 1.165) is 11.8 Å². The van der Waals surface area contributed by atoms with Crippen LogP contribution in [0.4, 0.5) is 0 Å². The van der Waals surface area contributed by atoms with Crippen molar-refractivity contribution in [1.82, 2.24) is 0 Å². The Labute approximate surface area is 76.4 Å². The first kappa shape index (κ1) is 9.57. The summed E-state index contributed by atoms with van der Waals surface area (Å²) in [7, 11) is 0. The maximum atomic E-state index is 3.90. The molecule has 0 aromatic carbocycles. The lowest BCUT2D eigenvalue weighted by atomic mass is 9.85. The smallest absolute Gasteiger partial charge is 0.0231 e. The molecule has 0 radical (unpaired) electrons. The second-order valence-electron chi connectivity index (χ2n) is 3.79. The van der Waals surface area contributed by atoms with Gasteiger partial charge in [0.05, 0.1) is 0 Å². The highest BCUT2D eigenvalue weighted by atomic mass is 14.2. The van der Waals surface area contributed by atoms with Gasteiger partial charge in [-0.3, -0.25) is 0 Å². The summed E-state index contributed by atoms with van der Waals surface area (Å²) in [5.74, 6) is 1.66. The number of allylic oxidation sites excluding steroid dienone is 3. The molecule has 0 heteroatoms. The molecular weight excluding hydrogens is 144 g/mol. The molecule has 0 nitrogen and oxygen atoms in total. The van der Waals surface area contributed by atoms with Gasteiger partial charge in [-0.2, -0.15) is 0 Å². The summed E-state index contributed by atoms with van der Waals surface area (Å²) in [6.45, 7) is 6.19. The van der Waals surface area contributed by atoms with Gasteiger partial charge >= 0.3 is 0 Å². The number of hydrogen-bond acceptors (Lipinski definition) is 0. The molecule has 12 heavy (non-hydrogen) atoms. The fourth-order valence-corrected chi connectivity index (χ4v) is 1.91. The van der Waals surface area contributed by atoms with Gasteiger partial charge in [-0.25, -0.2) is 0 Å². The van der Waals surface area contributed by atoms with Gasteiger partial charge in [0.2, 0.25) is 0 Å². The fourth-order valence-electron chi connectivity index (χ4n) is 1.91. The molecule has 1 aliphatic carbocycles. The van der Waals surface area contributed by atoms with Crippen LogP contribution in [0.1, 0.15) is 39.0 Å². The van der Waals surface area contributed by atoms with Crippen LogP contribution in [-0.4, -0.2) is 0 Å². The molecule has 0 aromatic heterocycles. The minimum atomic E-state index is 0.764. The molecule has 0 N–H and O–H groups in total. The van der Waals surface area contributed by atoms with Crippen molar-refractivity contribution in [3.05, 3.63) is 24.8 Å². The molecule has 0 saturated heterocycles. The van der Waals surface area contributed by atoms with Gasteiger partial charge in [-0.15, -0.1) is 6.58 Å². The van der Waals surface area contributed by atoms with E-state index in [1.165, 1.54) is 32.1 Å². The van der Waals surface area contributed by atoms with E-state index in [0.29, 0.717) is 0 Å². The largest absolute Gasteiger partial charge is 0.103 e. The first-order valence-electron chi connectivity index (χ1n) is 5.14. The molecule has 0 aliphatic heterocycles. The van der Waals surface area contributed by atoms with Crippen molar-refractivity contribution >= 4 is 0 Å². The SMILES string of the molecule is C=CC1CC/C=C\CC(CC)C1. The number of rotatable bonds is 2. The summed E-state index contributed by atoms with van der Waals surface area (Å²) < 4.78 is 0. The normalized spacial score (nSPS) is 33.4.